The molecule has 7 heteroatoms. The Bertz CT molecular complexity index is 1320. The van der Waals surface area contributed by atoms with Crippen LogP contribution in [0.15, 0.2) is 66.7 Å². The van der Waals surface area contributed by atoms with E-state index >= 15 is 0 Å². The predicted molar refractivity (Wildman–Crippen MR) is 142 cm³/mol. The summed E-state index contributed by atoms with van der Waals surface area (Å²) < 4.78 is 18.8. The second kappa shape index (κ2) is 9.30. The van der Waals surface area contributed by atoms with Gasteiger partial charge in [0, 0.05) is 60.7 Å². The number of nitrogens with one attached hydrogen (secondary N) is 2. The first-order valence-corrected chi connectivity index (χ1v) is 12.9. The van der Waals surface area contributed by atoms with Gasteiger partial charge in [-0.3, -0.25) is 0 Å². The number of hydrogen-bond donors (Lipinski definition) is 2. The molecule has 3 atom stereocenters. The lowest BCUT2D eigenvalue weighted by Gasteiger charge is -2.33. The number of aryl methyl sites for hydroxylation is 1. The Labute approximate surface area is 216 Å². The number of morpholine rings is 1. The van der Waals surface area contributed by atoms with Gasteiger partial charge in [-0.1, -0.05) is 30.3 Å². The van der Waals surface area contributed by atoms with Crippen molar-refractivity contribution in [1.29, 1.82) is 5.41 Å². The van der Waals surface area contributed by atoms with Crippen LogP contribution in [0.25, 0.3) is 0 Å². The van der Waals surface area contributed by atoms with Crippen LogP contribution in [0, 0.1) is 24.1 Å². The molecule has 0 spiro atoms. The molecule has 1 saturated carbocycles. The van der Waals surface area contributed by atoms with Gasteiger partial charge in [-0.05, 0) is 65.9 Å². The van der Waals surface area contributed by atoms with Gasteiger partial charge in [0.25, 0.3) is 0 Å². The molecule has 0 bridgehead atoms. The van der Waals surface area contributed by atoms with Crippen LogP contribution in [0.2, 0.25) is 0 Å². The number of likely N-dealkylation sites (tertiary alicyclic amines) is 1. The van der Waals surface area contributed by atoms with E-state index in [9.17, 15) is 9.18 Å². The number of benzene rings is 3. The first-order valence-electron chi connectivity index (χ1n) is 12.9. The van der Waals surface area contributed by atoms with Gasteiger partial charge in [-0.25, -0.2) is 9.18 Å². The predicted octanol–water partition coefficient (Wildman–Crippen LogP) is 5.29. The number of fused-ring (bicyclic) bond motifs is 1. The fourth-order valence-electron chi connectivity index (χ4n) is 6.51. The van der Waals surface area contributed by atoms with Crippen LogP contribution in [0.1, 0.15) is 28.2 Å². The maximum Gasteiger partial charge on any atom is 0.320 e. The third-order valence-electron chi connectivity index (χ3n) is 8.27. The van der Waals surface area contributed by atoms with Crippen molar-refractivity contribution in [2.75, 3.05) is 44.7 Å². The lowest BCUT2D eigenvalue weighted by molar-refractivity contribution is 0.0440. The Balaban J connectivity index is 1.35. The molecule has 2 amide bonds. The highest BCUT2D eigenvalue weighted by Gasteiger charge is 2.71. The number of carbonyl (C=O) groups is 1. The van der Waals surface area contributed by atoms with E-state index in [0.29, 0.717) is 44.7 Å². The number of carbonyl (C=O) groups excluding carboxylic acids is 1. The minimum atomic E-state index is -0.285. The average molecular weight is 499 g/mol. The van der Waals surface area contributed by atoms with Crippen molar-refractivity contribution in [3.05, 3.63) is 94.8 Å². The van der Waals surface area contributed by atoms with Crippen molar-refractivity contribution >= 4 is 23.6 Å². The van der Waals surface area contributed by atoms with Crippen molar-refractivity contribution in [3.8, 4) is 0 Å². The van der Waals surface area contributed by atoms with E-state index in [2.05, 4.69) is 48.6 Å². The number of urea groups is 1. The molecule has 3 unspecified atom stereocenters. The highest BCUT2D eigenvalue weighted by molar-refractivity contribution is 5.89. The van der Waals surface area contributed by atoms with Gasteiger partial charge in [-0.2, -0.15) is 0 Å². The summed E-state index contributed by atoms with van der Waals surface area (Å²) >= 11 is 0. The SMILES string of the molecule is Cc1cc(Nc2ccc(F)cc2)c(C=N)cc1C12CN(C(=O)N3CCOCC3)CC1C2c1ccccc1. The molecule has 6 rings (SSSR count). The van der Waals surface area contributed by atoms with E-state index < -0.39 is 0 Å². The zero-order valence-electron chi connectivity index (χ0n) is 20.9. The number of hydrogen-bond acceptors (Lipinski definition) is 4. The quantitative estimate of drug-likeness (QED) is 0.470. The van der Waals surface area contributed by atoms with Gasteiger partial charge in [0.1, 0.15) is 5.82 Å². The van der Waals surface area contributed by atoms with E-state index in [-0.39, 0.29) is 17.3 Å². The molecule has 0 aromatic heterocycles. The minimum Gasteiger partial charge on any atom is -0.378 e. The van der Waals surface area contributed by atoms with Gasteiger partial charge < -0.3 is 25.3 Å². The Morgan fingerprint density at radius 2 is 1.81 bits per heavy atom. The summed E-state index contributed by atoms with van der Waals surface area (Å²) in [5.74, 6) is 0.372. The summed E-state index contributed by atoms with van der Waals surface area (Å²) in [7, 11) is 0. The third-order valence-corrected chi connectivity index (χ3v) is 8.27. The smallest absolute Gasteiger partial charge is 0.320 e. The Hall–Kier alpha value is -3.71. The molecule has 2 aliphatic heterocycles. The number of ether oxygens (including phenoxy) is 1. The van der Waals surface area contributed by atoms with E-state index in [1.165, 1.54) is 29.5 Å². The first-order chi connectivity index (χ1) is 18.0. The monoisotopic (exact) mass is 498 g/mol. The zero-order chi connectivity index (χ0) is 25.6. The molecule has 6 nitrogen and oxygen atoms in total. The summed E-state index contributed by atoms with van der Waals surface area (Å²) in [5, 5.41) is 11.5. The molecule has 3 aromatic rings. The van der Waals surface area contributed by atoms with E-state index in [0.717, 1.165) is 29.0 Å². The lowest BCUT2D eigenvalue weighted by atomic mass is 9.86. The zero-order valence-corrected chi connectivity index (χ0v) is 20.9. The van der Waals surface area contributed by atoms with Gasteiger partial charge >= 0.3 is 6.03 Å². The van der Waals surface area contributed by atoms with Crippen LogP contribution in [-0.4, -0.2) is 61.4 Å². The first kappa shape index (κ1) is 23.7. The largest absolute Gasteiger partial charge is 0.378 e. The van der Waals surface area contributed by atoms with Gasteiger partial charge in [-0.15, -0.1) is 0 Å². The number of anilines is 2. The maximum absolute atomic E-state index is 13.4. The molecule has 37 heavy (non-hydrogen) atoms. The normalized spacial score (nSPS) is 24.5. The van der Waals surface area contributed by atoms with Crippen LogP contribution in [0.4, 0.5) is 20.6 Å². The second-order valence-corrected chi connectivity index (χ2v) is 10.3. The Morgan fingerprint density at radius 1 is 1.08 bits per heavy atom. The summed E-state index contributed by atoms with van der Waals surface area (Å²) in [4.78, 5) is 17.3. The molecular weight excluding hydrogens is 467 g/mol. The lowest BCUT2D eigenvalue weighted by Crippen LogP contribution is -2.48. The number of rotatable bonds is 5. The fraction of sp³-hybridized carbons (Fsp3) is 0.333. The molecule has 0 radical (unpaired) electrons. The fourth-order valence-corrected chi connectivity index (χ4v) is 6.51. The number of piperidine rings is 1. The highest BCUT2D eigenvalue weighted by Crippen LogP contribution is 2.69. The van der Waals surface area contributed by atoms with Crippen molar-refractivity contribution in [2.24, 2.45) is 5.92 Å². The number of halogens is 1. The van der Waals surface area contributed by atoms with E-state index in [1.54, 1.807) is 12.1 Å². The third kappa shape index (κ3) is 4.07. The van der Waals surface area contributed by atoms with E-state index in [1.807, 2.05) is 15.9 Å². The van der Waals surface area contributed by atoms with Gasteiger partial charge in [0.2, 0.25) is 0 Å². The molecular formula is C30H31FN4O2. The summed E-state index contributed by atoms with van der Waals surface area (Å²) in [5.41, 5.74) is 5.80. The molecule has 3 aromatic carbocycles. The topological polar surface area (TPSA) is 68.7 Å². The van der Waals surface area contributed by atoms with E-state index in [4.69, 9.17) is 10.1 Å². The Morgan fingerprint density at radius 3 is 2.51 bits per heavy atom. The molecule has 3 aliphatic rings. The van der Waals surface area contributed by atoms with Crippen molar-refractivity contribution in [1.82, 2.24) is 9.80 Å². The molecule has 190 valence electrons. The van der Waals surface area contributed by atoms with Crippen LogP contribution in [0.3, 0.4) is 0 Å². The minimum absolute atomic E-state index is 0.0983. The molecule has 1 aliphatic carbocycles. The summed E-state index contributed by atoms with van der Waals surface area (Å²) in [6, 6.07) is 21.1. The average Bonchev–Trinajstić information content (AvgIpc) is 3.39. The van der Waals surface area contributed by atoms with Crippen LogP contribution >= 0.6 is 0 Å². The standard InChI is InChI=1S/C30H31FN4O2/c1-20-15-27(33-24-9-7-23(31)8-10-24)22(17-32)16-25(20)30-19-35(29(36)34-11-13-37-14-12-34)18-26(30)28(30)21-5-3-2-4-6-21/h2-10,15-17,26,28,32-33H,11-14,18-19H2,1H3. The number of amides is 2. The van der Waals surface area contributed by atoms with Crippen LogP contribution in [-0.2, 0) is 10.2 Å². The number of nitrogens with zero attached hydrogens (tertiary/aromatic N) is 2. The molecule has 2 heterocycles. The van der Waals surface area contributed by atoms with Crippen LogP contribution in [0.5, 0.6) is 0 Å². The molecule has 3 fully saturated rings. The second-order valence-electron chi connectivity index (χ2n) is 10.3. The van der Waals surface area contributed by atoms with Crippen molar-refractivity contribution < 1.29 is 13.9 Å². The molecule has 2 saturated heterocycles. The highest BCUT2D eigenvalue weighted by atomic mass is 19.1. The van der Waals surface area contributed by atoms with Gasteiger partial charge in [0.05, 0.1) is 13.2 Å². The van der Waals surface area contributed by atoms with Crippen molar-refractivity contribution in [3.63, 3.8) is 0 Å². The summed E-state index contributed by atoms with van der Waals surface area (Å²) in [6.45, 7) is 5.95. The van der Waals surface area contributed by atoms with Crippen molar-refractivity contribution in [2.45, 2.75) is 18.3 Å². The maximum atomic E-state index is 13.4. The van der Waals surface area contributed by atoms with Gasteiger partial charge in [0.15, 0.2) is 0 Å². The Kier molecular flexibility index (Phi) is 5.95. The summed E-state index contributed by atoms with van der Waals surface area (Å²) in [6.07, 6.45) is 1.37. The van der Waals surface area contributed by atoms with Crippen LogP contribution < -0.4 is 5.32 Å². The molecule has 2 N–H and O–H groups in total.